The fraction of sp³-hybridized carbons (Fsp3) is 0.533. The van der Waals surface area contributed by atoms with Crippen molar-refractivity contribution in [3.05, 3.63) is 29.8 Å². The SMILES string of the molecule is COC(=O)[C@@H]1C[C@H](O)C[C@H](OS(=O)(=O)c2ccc(C)cc2)C1. The molecule has 1 aliphatic rings. The number of carbonyl (C=O) groups is 1. The lowest BCUT2D eigenvalue weighted by atomic mass is 9.85. The molecule has 122 valence electrons. The zero-order valence-corrected chi connectivity index (χ0v) is 13.4. The molecule has 0 bridgehead atoms. The number of hydrogen-bond acceptors (Lipinski definition) is 6. The van der Waals surface area contributed by atoms with Crippen molar-refractivity contribution in [2.45, 2.75) is 43.3 Å². The number of ether oxygens (including phenoxy) is 1. The van der Waals surface area contributed by atoms with E-state index >= 15 is 0 Å². The highest BCUT2D eigenvalue weighted by Gasteiger charge is 2.35. The third-order valence-corrected chi connectivity index (χ3v) is 5.12. The number of methoxy groups -OCH3 is 1. The Balaban J connectivity index is 2.11. The summed E-state index contributed by atoms with van der Waals surface area (Å²) in [5.41, 5.74) is 0.942. The number of aryl methyl sites for hydroxylation is 1. The third-order valence-electron chi connectivity index (χ3n) is 3.75. The number of aliphatic hydroxyl groups is 1. The number of rotatable bonds is 4. The van der Waals surface area contributed by atoms with E-state index in [1.165, 1.54) is 19.2 Å². The lowest BCUT2D eigenvalue weighted by Gasteiger charge is -2.30. The van der Waals surface area contributed by atoms with Crippen molar-refractivity contribution in [3.8, 4) is 0 Å². The minimum atomic E-state index is -3.92. The molecule has 0 radical (unpaired) electrons. The Morgan fingerprint density at radius 2 is 1.82 bits per heavy atom. The number of aliphatic hydroxyl groups excluding tert-OH is 1. The minimum Gasteiger partial charge on any atom is -0.469 e. The van der Waals surface area contributed by atoms with Crippen LogP contribution in [-0.4, -0.2) is 38.8 Å². The van der Waals surface area contributed by atoms with Gasteiger partial charge < -0.3 is 9.84 Å². The Bertz CT molecular complexity index is 622. The normalized spacial score (nSPS) is 25.7. The minimum absolute atomic E-state index is 0.0628. The largest absolute Gasteiger partial charge is 0.469 e. The third kappa shape index (κ3) is 4.06. The van der Waals surface area contributed by atoms with Gasteiger partial charge in [-0.1, -0.05) is 17.7 Å². The zero-order chi connectivity index (χ0) is 16.3. The van der Waals surface area contributed by atoms with E-state index in [1.807, 2.05) is 6.92 Å². The molecule has 1 aromatic carbocycles. The van der Waals surface area contributed by atoms with Gasteiger partial charge in [-0.2, -0.15) is 8.42 Å². The first-order valence-corrected chi connectivity index (χ1v) is 8.48. The Labute approximate surface area is 130 Å². The van der Waals surface area contributed by atoms with Gasteiger partial charge in [-0.3, -0.25) is 8.98 Å². The molecule has 3 atom stereocenters. The van der Waals surface area contributed by atoms with E-state index in [-0.39, 0.29) is 24.2 Å². The van der Waals surface area contributed by atoms with Crippen molar-refractivity contribution in [2.24, 2.45) is 5.92 Å². The first-order chi connectivity index (χ1) is 10.3. The fourth-order valence-corrected chi connectivity index (χ4v) is 3.71. The van der Waals surface area contributed by atoms with Crippen molar-refractivity contribution in [3.63, 3.8) is 0 Å². The Morgan fingerprint density at radius 3 is 2.41 bits per heavy atom. The Morgan fingerprint density at radius 1 is 1.18 bits per heavy atom. The van der Waals surface area contributed by atoms with Gasteiger partial charge in [0.1, 0.15) is 0 Å². The van der Waals surface area contributed by atoms with Gasteiger partial charge in [0.15, 0.2) is 0 Å². The van der Waals surface area contributed by atoms with Crippen molar-refractivity contribution in [2.75, 3.05) is 7.11 Å². The average molecular weight is 328 g/mol. The van der Waals surface area contributed by atoms with E-state index in [0.29, 0.717) is 0 Å². The standard InChI is InChI=1S/C15H20O6S/c1-10-3-5-14(6-4-10)22(18,19)21-13-8-11(15(17)20-2)7-12(16)9-13/h3-6,11-13,16H,7-9H2,1-2H3/t11-,12+,13-/m1/s1. The summed E-state index contributed by atoms with van der Waals surface area (Å²) in [4.78, 5) is 11.7. The highest BCUT2D eigenvalue weighted by Crippen LogP contribution is 2.30. The lowest BCUT2D eigenvalue weighted by molar-refractivity contribution is -0.149. The molecule has 0 aliphatic heterocycles. The molecular weight excluding hydrogens is 308 g/mol. The summed E-state index contributed by atoms with van der Waals surface area (Å²) in [7, 11) is -2.65. The van der Waals surface area contributed by atoms with Crippen molar-refractivity contribution in [1.82, 2.24) is 0 Å². The summed E-state index contributed by atoms with van der Waals surface area (Å²) in [6, 6.07) is 6.32. The van der Waals surface area contributed by atoms with Crippen molar-refractivity contribution in [1.29, 1.82) is 0 Å². The van der Waals surface area contributed by atoms with Crippen LogP contribution in [0.1, 0.15) is 24.8 Å². The van der Waals surface area contributed by atoms with Crippen LogP contribution < -0.4 is 0 Å². The molecule has 1 aromatic rings. The van der Waals surface area contributed by atoms with Gasteiger partial charge in [0.25, 0.3) is 10.1 Å². The van der Waals surface area contributed by atoms with Gasteiger partial charge >= 0.3 is 5.97 Å². The molecular formula is C15H20O6S. The summed E-state index contributed by atoms with van der Waals surface area (Å²) in [6.45, 7) is 1.86. The molecule has 1 fully saturated rings. The second kappa shape index (κ2) is 6.76. The van der Waals surface area contributed by atoms with Gasteiger partial charge in [-0.15, -0.1) is 0 Å². The predicted molar refractivity (Wildman–Crippen MR) is 78.6 cm³/mol. The molecule has 0 aromatic heterocycles. The summed E-state index contributed by atoms with van der Waals surface area (Å²) < 4.78 is 34.4. The second-order valence-electron chi connectivity index (χ2n) is 5.57. The lowest BCUT2D eigenvalue weighted by Crippen LogP contribution is -2.36. The van der Waals surface area contributed by atoms with Crippen molar-refractivity contribution >= 4 is 16.1 Å². The fourth-order valence-electron chi connectivity index (χ4n) is 2.62. The summed E-state index contributed by atoms with van der Waals surface area (Å²) in [5.74, 6) is -1.01. The molecule has 1 aliphatic carbocycles. The zero-order valence-electron chi connectivity index (χ0n) is 12.6. The van der Waals surface area contributed by atoms with Gasteiger partial charge in [0.2, 0.25) is 0 Å². The molecule has 0 heterocycles. The van der Waals surface area contributed by atoms with E-state index in [2.05, 4.69) is 4.74 Å². The molecule has 22 heavy (non-hydrogen) atoms. The van der Waals surface area contributed by atoms with Crippen LogP contribution in [0.15, 0.2) is 29.2 Å². The Hall–Kier alpha value is -1.44. The van der Waals surface area contributed by atoms with Crippen molar-refractivity contribution < 1.29 is 27.2 Å². The van der Waals surface area contributed by atoms with Crippen LogP contribution in [0.4, 0.5) is 0 Å². The quantitative estimate of drug-likeness (QED) is 0.664. The molecule has 1 N–H and O–H groups in total. The second-order valence-corrected chi connectivity index (χ2v) is 7.14. The van der Waals surface area contributed by atoms with Crippen LogP contribution in [0.2, 0.25) is 0 Å². The topological polar surface area (TPSA) is 89.9 Å². The summed E-state index contributed by atoms with van der Waals surface area (Å²) in [5, 5.41) is 9.82. The maximum Gasteiger partial charge on any atom is 0.308 e. The average Bonchev–Trinajstić information content (AvgIpc) is 2.45. The van der Waals surface area contributed by atoms with Gasteiger partial charge in [-0.05, 0) is 31.9 Å². The van der Waals surface area contributed by atoms with Gasteiger partial charge in [0.05, 0.1) is 30.1 Å². The molecule has 0 spiro atoms. The van der Waals surface area contributed by atoms with Crippen LogP contribution >= 0.6 is 0 Å². The summed E-state index contributed by atoms with van der Waals surface area (Å²) >= 11 is 0. The van der Waals surface area contributed by atoms with E-state index in [9.17, 15) is 18.3 Å². The van der Waals surface area contributed by atoms with E-state index in [4.69, 9.17) is 4.18 Å². The van der Waals surface area contributed by atoms with Crippen LogP contribution in [0.3, 0.4) is 0 Å². The van der Waals surface area contributed by atoms with Crippen LogP contribution in [0, 0.1) is 12.8 Å². The smallest absolute Gasteiger partial charge is 0.308 e. The van der Waals surface area contributed by atoms with Gasteiger partial charge in [0, 0.05) is 6.42 Å². The highest BCUT2D eigenvalue weighted by atomic mass is 32.2. The molecule has 0 unspecified atom stereocenters. The molecule has 0 amide bonds. The highest BCUT2D eigenvalue weighted by molar-refractivity contribution is 7.86. The molecule has 6 nitrogen and oxygen atoms in total. The monoisotopic (exact) mass is 328 g/mol. The molecule has 1 saturated carbocycles. The predicted octanol–water partition coefficient (Wildman–Crippen LogP) is 1.40. The maximum absolute atomic E-state index is 12.2. The number of hydrogen-bond donors (Lipinski definition) is 1. The van der Waals surface area contributed by atoms with Crippen LogP contribution in [-0.2, 0) is 23.8 Å². The molecule has 0 saturated heterocycles. The summed E-state index contributed by atoms with van der Waals surface area (Å²) in [6.07, 6.45) is -0.861. The van der Waals surface area contributed by atoms with E-state index in [1.54, 1.807) is 12.1 Å². The number of carbonyl (C=O) groups excluding carboxylic acids is 1. The maximum atomic E-state index is 12.2. The Kier molecular flexibility index (Phi) is 5.20. The first-order valence-electron chi connectivity index (χ1n) is 7.07. The first kappa shape index (κ1) is 16.9. The van der Waals surface area contributed by atoms with Crippen LogP contribution in [0.25, 0.3) is 0 Å². The van der Waals surface area contributed by atoms with E-state index < -0.39 is 34.2 Å². The van der Waals surface area contributed by atoms with Gasteiger partial charge in [-0.25, -0.2) is 0 Å². The molecule has 7 heteroatoms. The number of esters is 1. The molecule has 2 rings (SSSR count). The van der Waals surface area contributed by atoms with Crippen LogP contribution in [0.5, 0.6) is 0 Å². The number of benzene rings is 1. The van der Waals surface area contributed by atoms with E-state index in [0.717, 1.165) is 5.56 Å².